The van der Waals surface area contributed by atoms with Gasteiger partial charge in [0, 0.05) is 16.8 Å². The van der Waals surface area contributed by atoms with Gasteiger partial charge in [-0.3, -0.25) is 9.59 Å². The van der Waals surface area contributed by atoms with Crippen molar-refractivity contribution in [1.82, 2.24) is 5.32 Å². The first-order chi connectivity index (χ1) is 9.43. The lowest BCUT2D eigenvalue weighted by Crippen LogP contribution is -2.25. The monoisotopic (exact) mass is 269 g/mol. The summed E-state index contributed by atoms with van der Waals surface area (Å²) < 4.78 is 0. The molecule has 1 N–H and O–H groups in total. The Balaban J connectivity index is 1.84. The molecule has 2 aliphatic carbocycles. The van der Waals surface area contributed by atoms with Crippen LogP contribution in [0.3, 0.4) is 0 Å². The number of nitrogens with one attached hydrogen (secondary N) is 1. The summed E-state index contributed by atoms with van der Waals surface area (Å²) in [6, 6.07) is 9.12. The molecule has 0 saturated heterocycles. The molecule has 104 valence electrons. The summed E-state index contributed by atoms with van der Waals surface area (Å²) in [5.41, 5.74) is 2.51. The van der Waals surface area contributed by atoms with Crippen molar-refractivity contribution in [2.24, 2.45) is 17.3 Å². The van der Waals surface area contributed by atoms with Crippen LogP contribution in [0.15, 0.2) is 41.6 Å². The molecule has 0 spiro atoms. The summed E-state index contributed by atoms with van der Waals surface area (Å²) in [7, 11) is 0. The summed E-state index contributed by atoms with van der Waals surface area (Å²) in [5, 5.41) is 2.95. The molecule has 1 fully saturated rings. The van der Waals surface area contributed by atoms with E-state index in [1.165, 1.54) is 0 Å². The molecule has 2 atom stereocenters. The first kappa shape index (κ1) is 13.1. The van der Waals surface area contributed by atoms with Gasteiger partial charge in [0.25, 0.3) is 5.91 Å². The second-order valence-corrected chi connectivity index (χ2v) is 6.38. The molecule has 0 bridgehead atoms. The summed E-state index contributed by atoms with van der Waals surface area (Å²) >= 11 is 0. The Morgan fingerprint density at radius 1 is 1.20 bits per heavy atom. The number of amides is 1. The predicted molar refractivity (Wildman–Crippen MR) is 77.0 cm³/mol. The van der Waals surface area contributed by atoms with Crippen molar-refractivity contribution < 1.29 is 9.59 Å². The second-order valence-electron chi connectivity index (χ2n) is 6.38. The minimum atomic E-state index is -0.126. The fraction of sp³-hybridized carbons (Fsp3) is 0.412. The zero-order valence-corrected chi connectivity index (χ0v) is 12.1. The van der Waals surface area contributed by atoms with Gasteiger partial charge in [0.15, 0.2) is 5.78 Å². The van der Waals surface area contributed by atoms with Crippen LogP contribution >= 0.6 is 0 Å². The second kappa shape index (κ2) is 4.30. The molecule has 0 aromatic heterocycles. The number of Topliss-reactive ketones (excluding diaryl/α,β-unsaturated/α-hetero) is 1. The highest BCUT2D eigenvalue weighted by Crippen LogP contribution is 2.68. The Labute approximate surface area is 119 Å². The highest BCUT2D eigenvalue weighted by Gasteiger charge is 2.63. The van der Waals surface area contributed by atoms with Crippen LogP contribution in [0.1, 0.15) is 37.6 Å². The first-order valence-corrected chi connectivity index (χ1v) is 7.03. The Kier molecular flexibility index (Phi) is 2.82. The van der Waals surface area contributed by atoms with Crippen molar-refractivity contribution in [1.29, 1.82) is 0 Å². The fourth-order valence-electron chi connectivity index (χ4n) is 3.56. The number of carbonyl (C=O) groups excluding carboxylic acids is 2. The third kappa shape index (κ3) is 1.89. The molecule has 0 unspecified atom stereocenters. The molecular weight excluding hydrogens is 250 g/mol. The Morgan fingerprint density at radius 2 is 1.85 bits per heavy atom. The molecule has 0 aliphatic heterocycles. The van der Waals surface area contributed by atoms with Gasteiger partial charge in [-0.05, 0) is 42.7 Å². The van der Waals surface area contributed by atoms with Crippen LogP contribution in [0.2, 0.25) is 0 Å². The lowest BCUT2D eigenvalue weighted by Gasteiger charge is -2.15. The molecule has 1 amide bonds. The van der Waals surface area contributed by atoms with Crippen molar-refractivity contribution >= 4 is 11.7 Å². The van der Waals surface area contributed by atoms with Gasteiger partial charge < -0.3 is 5.32 Å². The van der Waals surface area contributed by atoms with Gasteiger partial charge in [0.2, 0.25) is 0 Å². The van der Waals surface area contributed by atoms with Crippen LogP contribution in [-0.2, 0) is 4.79 Å². The summed E-state index contributed by atoms with van der Waals surface area (Å²) in [5.74, 6) is 0.795. The smallest absolute Gasteiger partial charge is 0.255 e. The van der Waals surface area contributed by atoms with E-state index in [9.17, 15) is 9.59 Å². The quantitative estimate of drug-likeness (QED) is 0.917. The molecule has 20 heavy (non-hydrogen) atoms. The van der Waals surface area contributed by atoms with Gasteiger partial charge >= 0.3 is 0 Å². The average Bonchev–Trinajstić information content (AvgIpc) is 2.77. The normalized spacial score (nSPS) is 26.1. The molecule has 3 nitrogen and oxygen atoms in total. The number of carbonyl (C=O) groups is 2. The van der Waals surface area contributed by atoms with Gasteiger partial charge in [-0.25, -0.2) is 0 Å². The van der Waals surface area contributed by atoms with Gasteiger partial charge in [0.1, 0.15) is 0 Å². The van der Waals surface area contributed by atoms with E-state index in [0.717, 1.165) is 17.7 Å². The highest BCUT2D eigenvalue weighted by atomic mass is 16.1. The lowest BCUT2D eigenvalue weighted by molar-refractivity contribution is -0.114. The average molecular weight is 269 g/mol. The molecule has 1 aromatic rings. The van der Waals surface area contributed by atoms with Gasteiger partial charge in [0.05, 0.1) is 0 Å². The van der Waals surface area contributed by atoms with Crippen LogP contribution in [-0.4, -0.2) is 11.7 Å². The fourth-order valence-corrected chi connectivity index (χ4v) is 3.56. The zero-order chi connectivity index (χ0) is 14.5. The van der Waals surface area contributed by atoms with Gasteiger partial charge in [-0.1, -0.05) is 32.0 Å². The molecular formula is C17H19NO2. The number of allylic oxidation sites excluding steroid dienone is 2. The third-order valence-electron chi connectivity index (χ3n) is 4.79. The van der Waals surface area contributed by atoms with Crippen LogP contribution in [0.4, 0.5) is 0 Å². The Bertz CT molecular complexity index is 613. The van der Waals surface area contributed by atoms with Crippen molar-refractivity contribution in [2.75, 3.05) is 0 Å². The highest BCUT2D eigenvalue weighted by molar-refractivity contribution is 6.00. The van der Waals surface area contributed by atoms with Crippen LogP contribution in [0.5, 0.6) is 0 Å². The lowest BCUT2D eigenvalue weighted by atomic mass is 9.96. The molecule has 3 rings (SSSR count). The Morgan fingerprint density at radius 3 is 2.45 bits per heavy atom. The topological polar surface area (TPSA) is 46.2 Å². The Hall–Kier alpha value is -1.90. The molecule has 2 aliphatic rings. The number of rotatable bonds is 3. The number of ketones is 1. The van der Waals surface area contributed by atoms with Crippen molar-refractivity contribution in [3.05, 3.63) is 47.2 Å². The van der Waals surface area contributed by atoms with E-state index in [-0.39, 0.29) is 17.1 Å². The van der Waals surface area contributed by atoms with E-state index < -0.39 is 0 Å². The van der Waals surface area contributed by atoms with Crippen LogP contribution in [0.25, 0.3) is 0 Å². The first-order valence-electron chi connectivity index (χ1n) is 7.03. The maximum Gasteiger partial charge on any atom is 0.255 e. The third-order valence-corrected chi connectivity index (χ3v) is 4.79. The molecule has 1 saturated carbocycles. The van der Waals surface area contributed by atoms with Gasteiger partial charge in [-0.15, -0.1) is 0 Å². The van der Waals surface area contributed by atoms with Crippen LogP contribution < -0.4 is 5.32 Å². The molecule has 0 radical (unpaired) electrons. The van der Waals surface area contributed by atoms with Crippen LogP contribution in [0, 0.1) is 17.3 Å². The SMILES string of the molecule is CC(=O)C1=C(NC(=O)c2ccccc2)C[C@H]2[C@H]1C2(C)C. The summed E-state index contributed by atoms with van der Waals surface area (Å²) in [6.07, 6.45) is 0.811. The van der Waals surface area contributed by atoms with E-state index in [1.54, 1.807) is 19.1 Å². The minimum absolute atomic E-state index is 0.0893. The van der Waals surface area contributed by atoms with E-state index in [1.807, 2.05) is 18.2 Å². The summed E-state index contributed by atoms with van der Waals surface area (Å²) in [6.45, 7) is 5.99. The molecule has 0 heterocycles. The number of fused-ring (bicyclic) bond motifs is 1. The van der Waals surface area contributed by atoms with Crippen molar-refractivity contribution in [3.8, 4) is 0 Å². The number of hydrogen-bond acceptors (Lipinski definition) is 2. The maximum atomic E-state index is 12.2. The minimum Gasteiger partial charge on any atom is -0.325 e. The van der Waals surface area contributed by atoms with E-state index in [0.29, 0.717) is 17.4 Å². The van der Waals surface area contributed by atoms with Crippen molar-refractivity contribution in [2.45, 2.75) is 27.2 Å². The van der Waals surface area contributed by atoms with Crippen molar-refractivity contribution in [3.63, 3.8) is 0 Å². The summed E-state index contributed by atoms with van der Waals surface area (Å²) in [4.78, 5) is 24.1. The maximum absolute atomic E-state index is 12.2. The van der Waals surface area contributed by atoms with E-state index in [4.69, 9.17) is 0 Å². The molecule has 1 aromatic carbocycles. The zero-order valence-electron chi connectivity index (χ0n) is 12.1. The van der Waals surface area contributed by atoms with E-state index >= 15 is 0 Å². The largest absolute Gasteiger partial charge is 0.325 e. The number of hydrogen-bond donors (Lipinski definition) is 1. The molecule has 3 heteroatoms. The van der Waals surface area contributed by atoms with Gasteiger partial charge in [-0.2, -0.15) is 0 Å². The predicted octanol–water partition coefficient (Wildman–Crippen LogP) is 2.94. The number of benzene rings is 1. The van der Waals surface area contributed by atoms with E-state index in [2.05, 4.69) is 19.2 Å². The standard InChI is InChI=1S/C17H19NO2/c1-10(19)14-13(9-12-15(14)17(12,2)3)18-16(20)11-7-5-4-6-8-11/h4-8,12,15H,9H2,1-3H3,(H,18,20)/t12-,15+/m0/s1.